The monoisotopic (exact) mass is 197 g/mol. The van der Waals surface area contributed by atoms with E-state index in [0.29, 0.717) is 12.1 Å². The third-order valence-corrected chi connectivity index (χ3v) is 2.92. The van der Waals surface area contributed by atoms with Crippen molar-refractivity contribution in [2.24, 2.45) is 5.73 Å². The molecule has 0 unspecified atom stereocenters. The molecule has 0 radical (unpaired) electrons. The molecule has 0 heterocycles. The van der Waals surface area contributed by atoms with Gasteiger partial charge in [-0.1, -0.05) is 6.07 Å². The summed E-state index contributed by atoms with van der Waals surface area (Å²) >= 11 is 0. The van der Waals surface area contributed by atoms with Crippen molar-refractivity contribution in [3.63, 3.8) is 0 Å². The number of phenols is 2. The van der Waals surface area contributed by atoms with Gasteiger partial charge < -0.3 is 15.9 Å². The lowest BCUT2D eigenvalue weighted by molar-refractivity contribution is 0.371. The summed E-state index contributed by atoms with van der Waals surface area (Å²) in [5.41, 5.74) is 5.89. The van der Waals surface area contributed by atoms with Crippen LogP contribution in [-0.4, -0.2) is 16.8 Å². The molecular weight excluding hydrogens is 185 g/mol. The van der Waals surface area contributed by atoms with Crippen molar-refractivity contribution in [1.82, 2.24) is 0 Å². The van der Waals surface area contributed by atoms with Gasteiger partial charge in [0.25, 0.3) is 0 Å². The molecule has 1 aromatic carbocycles. The summed E-state index contributed by atoms with van der Waals surface area (Å²) in [5, 5.41) is 18.7. The van der Waals surface area contributed by atoms with Crippen LogP contribution in [0.4, 0.5) is 4.39 Å². The first kappa shape index (κ1) is 9.27. The fourth-order valence-electron chi connectivity index (χ4n) is 1.72. The van der Waals surface area contributed by atoms with Gasteiger partial charge in [0, 0.05) is 17.5 Å². The van der Waals surface area contributed by atoms with Crippen molar-refractivity contribution in [2.75, 3.05) is 6.54 Å². The molecule has 1 aromatic rings. The lowest BCUT2D eigenvalue weighted by Crippen LogP contribution is -2.19. The van der Waals surface area contributed by atoms with Gasteiger partial charge in [0.15, 0.2) is 17.3 Å². The highest BCUT2D eigenvalue weighted by Gasteiger charge is 2.45. The van der Waals surface area contributed by atoms with Crippen molar-refractivity contribution in [3.05, 3.63) is 23.5 Å². The molecule has 0 atom stereocenters. The minimum absolute atomic E-state index is 0.241. The molecule has 1 aliphatic carbocycles. The van der Waals surface area contributed by atoms with Crippen LogP contribution in [0.15, 0.2) is 12.1 Å². The van der Waals surface area contributed by atoms with Crippen LogP contribution in [0.2, 0.25) is 0 Å². The van der Waals surface area contributed by atoms with Crippen LogP contribution >= 0.6 is 0 Å². The Kier molecular flexibility index (Phi) is 1.89. The summed E-state index contributed by atoms with van der Waals surface area (Å²) in [7, 11) is 0. The predicted octanol–water partition coefficient (Wildman–Crippen LogP) is 1.23. The van der Waals surface area contributed by atoms with Gasteiger partial charge in [-0.2, -0.15) is 0 Å². The largest absolute Gasteiger partial charge is 0.504 e. The summed E-state index contributed by atoms with van der Waals surface area (Å²) in [4.78, 5) is 0. The molecule has 1 saturated carbocycles. The first-order valence-corrected chi connectivity index (χ1v) is 4.52. The number of hydrogen-bond donors (Lipinski definition) is 3. The van der Waals surface area contributed by atoms with Crippen LogP contribution in [0.5, 0.6) is 11.5 Å². The van der Waals surface area contributed by atoms with Gasteiger partial charge in [0.05, 0.1) is 0 Å². The zero-order chi connectivity index (χ0) is 10.3. The van der Waals surface area contributed by atoms with E-state index in [1.165, 1.54) is 6.07 Å². The van der Waals surface area contributed by atoms with Gasteiger partial charge >= 0.3 is 0 Å². The predicted molar refractivity (Wildman–Crippen MR) is 49.7 cm³/mol. The van der Waals surface area contributed by atoms with Crippen LogP contribution in [0, 0.1) is 5.82 Å². The number of nitrogens with two attached hydrogens (primary N) is 1. The second-order valence-electron chi connectivity index (χ2n) is 3.78. The second kappa shape index (κ2) is 2.85. The Balaban J connectivity index is 2.50. The molecule has 1 aliphatic rings. The molecule has 1 fully saturated rings. The average molecular weight is 197 g/mol. The minimum Gasteiger partial charge on any atom is -0.504 e. The highest BCUT2D eigenvalue weighted by Crippen LogP contribution is 2.52. The molecule has 4 N–H and O–H groups in total. The summed E-state index contributed by atoms with van der Waals surface area (Å²) in [6.07, 6.45) is 1.75. The molecule has 4 heteroatoms. The third-order valence-electron chi connectivity index (χ3n) is 2.92. The van der Waals surface area contributed by atoms with E-state index < -0.39 is 11.6 Å². The Labute approximate surface area is 81.0 Å². The Morgan fingerprint density at radius 3 is 2.43 bits per heavy atom. The highest BCUT2D eigenvalue weighted by atomic mass is 19.1. The number of benzene rings is 1. The van der Waals surface area contributed by atoms with Crippen LogP contribution in [-0.2, 0) is 5.41 Å². The number of aromatic hydroxyl groups is 2. The molecule has 76 valence electrons. The topological polar surface area (TPSA) is 66.5 Å². The zero-order valence-electron chi connectivity index (χ0n) is 7.63. The molecule has 0 aromatic heterocycles. The van der Waals surface area contributed by atoms with Crippen LogP contribution < -0.4 is 5.73 Å². The number of hydrogen-bond acceptors (Lipinski definition) is 3. The summed E-state index contributed by atoms with van der Waals surface area (Å²) in [5.74, 6) is -1.85. The van der Waals surface area contributed by atoms with Crippen LogP contribution in [0.3, 0.4) is 0 Å². The molecule has 0 amide bonds. The molecule has 0 aliphatic heterocycles. The van der Waals surface area contributed by atoms with Gasteiger partial charge in [0.1, 0.15) is 0 Å². The van der Waals surface area contributed by atoms with E-state index in [9.17, 15) is 14.6 Å². The standard InChI is InChI=1S/C10H12FNO2/c11-7-2-1-6(8(13)9(7)14)10(5-12)3-4-10/h1-2,13-14H,3-5,12H2. The Morgan fingerprint density at radius 2 is 1.93 bits per heavy atom. The van der Waals surface area contributed by atoms with Crippen molar-refractivity contribution < 1.29 is 14.6 Å². The fourth-order valence-corrected chi connectivity index (χ4v) is 1.72. The van der Waals surface area contributed by atoms with Crippen molar-refractivity contribution in [3.8, 4) is 11.5 Å². The Morgan fingerprint density at radius 1 is 1.29 bits per heavy atom. The van der Waals surface area contributed by atoms with Crippen molar-refractivity contribution in [2.45, 2.75) is 18.3 Å². The fraction of sp³-hybridized carbons (Fsp3) is 0.400. The van der Waals surface area contributed by atoms with E-state index in [-0.39, 0.29) is 11.2 Å². The first-order chi connectivity index (χ1) is 6.60. The Hall–Kier alpha value is -1.29. The van der Waals surface area contributed by atoms with Gasteiger partial charge in [0.2, 0.25) is 0 Å². The zero-order valence-corrected chi connectivity index (χ0v) is 7.63. The molecule has 3 nitrogen and oxygen atoms in total. The minimum atomic E-state index is -0.806. The van der Waals surface area contributed by atoms with Gasteiger partial charge in [-0.15, -0.1) is 0 Å². The van der Waals surface area contributed by atoms with E-state index in [0.717, 1.165) is 18.9 Å². The number of halogens is 1. The SMILES string of the molecule is NCC1(c2ccc(F)c(O)c2O)CC1. The van der Waals surface area contributed by atoms with Gasteiger partial charge in [-0.3, -0.25) is 0 Å². The van der Waals surface area contributed by atoms with E-state index in [1.54, 1.807) is 0 Å². The number of phenolic OH excluding ortho intramolecular Hbond substituents is 2. The summed E-state index contributed by atoms with van der Waals surface area (Å²) in [6, 6.07) is 2.64. The first-order valence-electron chi connectivity index (χ1n) is 4.52. The van der Waals surface area contributed by atoms with Crippen molar-refractivity contribution >= 4 is 0 Å². The van der Waals surface area contributed by atoms with Gasteiger partial charge in [-0.05, 0) is 18.9 Å². The van der Waals surface area contributed by atoms with E-state index in [2.05, 4.69) is 0 Å². The van der Waals surface area contributed by atoms with E-state index >= 15 is 0 Å². The highest BCUT2D eigenvalue weighted by molar-refractivity contribution is 5.51. The molecule has 0 saturated heterocycles. The second-order valence-corrected chi connectivity index (χ2v) is 3.78. The molecule has 2 rings (SSSR count). The maximum Gasteiger partial charge on any atom is 0.194 e. The van der Waals surface area contributed by atoms with E-state index in [1.807, 2.05) is 0 Å². The van der Waals surface area contributed by atoms with Crippen LogP contribution in [0.1, 0.15) is 18.4 Å². The summed E-state index contributed by atoms with van der Waals surface area (Å²) in [6.45, 7) is 0.408. The molecule has 0 bridgehead atoms. The lowest BCUT2D eigenvalue weighted by atomic mass is 9.95. The van der Waals surface area contributed by atoms with Gasteiger partial charge in [-0.25, -0.2) is 4.39 Å². The van der Waals surface area contributed by atoms with Crippen molar-refractivity contribution in [1.29, 1.82) is 0 Å². The summed E-state index contributed by atoms with van der Waals surface area (Å²) < 4.78 is 12.8. The maximum absolute atomic E-state index is 12.8. The third kappa shape index (κ3) is 1.14. The Bertz CT molecular complexity index is 375. The van der Waals surface area contributed by atoms with Crippen LogP contribution in [0.25, 0.3) is 0 Å². The molecular formula is C10H12FNO2. The maximum atomic E-state index is 12.8. The quantitative estimate of drug-likeness (QED) is 0.624. The smallest absolute Gasteiger partial charge is 0.194 e. The number of rotatable bonds is 2. The lowest BCUT2D eigenvalue weighted by Gasteiger charge is -2.15. The van der Waals surface area contributed by atoms with E-state index in [4.69, 9.17) is 5.73 Å². The molecule has 14 heavy (non-hydrogen) atoms. The molecule has 0 spiro atoms. The normalized spacial score (nSPS) is 18.1. The average Bonchev–Trinajstić information content (AvgIpc) is 2.95.